The Hall–Kier alpha value is -2.42. The smallest absolute Gasteiger partial charge is 0.263 e. The number of likely N-dealkylation sites (tertiary alicyclic amines) is 1. The molecule has 0 bridgehead atoms. The number of thioether (sulfide) groups is 1. The van der Waals surface area contributed by atoms with E-state index < -0.39 is 0 Å². The third-order valence-corrected chi connectivity index (χ3v) is 7.91. The Bertz CT molecular complexity index is 1190. The lowest BCUT2D eigenvalue weighted by atomic mass is 10.1. The molecular formula is C25H30N4O2S2. The highest BCUT2D eigenvalue weighted by Crippen LogP contribution is 2.32. The number of nitrogens with zero attached hydrogens (tertiary/aromatic N) is 3. The van der Waals surface area contributed by atoms with Crippen molar-refractivity contribution in [1.29, 1.82) is 0 Å². The van der Waals surface area contributed by atoms with Crippen molar-refractivity contribution in [3.8, 4) is 11.1 Å². The van der Waals surface area contributed by atoms with E-state index in [4.69, 9.17) is 4.98 Å². The Kier molecular flexibility index (Phi) is 7.67. The van der Waals surface area contributed by atoms with E-state index in [9.17, 15) is 9.59 Å². The normalized spacial score (nSPS) is 15.1. The second-order valence-corrected chi connectivity index (χ2v) is 10.2. The number of carbonyl (C=O) groups excluding carboxylic acids is 1. The van der Waals surface area contributed by atoms with E-state index in [-0.39, 0.29) is 23.3 Å². The van der Waals surface area contributed by atoms with Gasteiger partial charge in [0.05, 0.1) is 11.1 Å². The molecule has 6 nitrogen and oxygen atoms in total. The molecular weight excluding hydrogens is 452 g/mol. The quantitative estimate of drug-likeness (QED) is 0.294. The predicted molar refractivity (Wildman–Crippen MR) is 138 cm³/mol. The van der Waals surface area contributed by atoms with Crippen molar-refractivity contribution >= 4 is 39.2 Å². The largest absolute Gasteiger partial charge is 0.353 e. The van der Waals surface area contributed by atoms with Gasteiger partial charge < -0.3 is 10.2 Å². The van der Waals surface area contributed by atoms with Crippen LogP contribution in [0.5, 0.6) is 0 Å². The fraction of sp³-hybridized carbons (Fsp3) is 0.400. The summed E-state index contributed by atoms with van der Waals surface area (Å²) < 4.78 is 1.62. The summed E-state index contributed by atoms with van der Waals surface area (Å²) in [6, 6.07) is 8.38. The van der Waals surface area contributed by atoms with Gasteiger partial charge in [-0.25, -0.2) is 4.98 Å². The standard InChI is InChI=1S/C25H30N4O2S2/c1-4-12-29-24(31)22-20(18-8-6-17(3)7-9-18)15-32-23(22)27-25(29)33-16-21(30)26-19-10-13-28(5-2)14-11-19/h4,6-9,15,19H,1,5,10-14,16H2,2-3H3,(H,26,30). The van der Waals surface area contributed by atoms with Gasteiger partial charge in [-0.2, -0.15) is 0 Å². The van der Waals surface area contributed by atoms with E-state index >= 15 is 0 Å². The zero-order chi connectivity index (χ0) is 23.4. The lowest BCUT2D eigenvalue weighted by molar-refractivity contribution is -0.119. The lowest BCUT2D eigenvalue weighted by Crippen LogP contribution is -2.45. The maximum atomic E-state index is 13.4. The molecule has 3 heterocycles. The zero-order valence-corrected chi connectivity index (χ0v) is 20.8. The Morgan fingerprint density at radius 1 is 1.30 bits per heavy atom. The summed E-state index contributed by atoms with van der Waals surface area (Å²) in [6.45, 7) is 11.5. The molecule has 1 aliphatic rings. The summed E-state index contributed by atoms with van der Waals surface area (Å²) in [5.41, 5.74) is 2.99. The Morgan fingerprint density at radius 3 is 2.70 bits per heavy atom. The third-order valence-electron chi connectivity index (χ3n) is 6.07. The molecule has 0 unspecified atom stereocenters. The molecule has 2 aromatic heterocycles. The van der Waals surface area contributed by atoms with E-state index in [1.165, 1.54) is 28.7 Å². The van der Waals surface area contributed by atoms with Crippen molar-refractivity contribution in [1.82, 2.24) is 19.8 Å². The minimum atomic E-state index is -0.0911. The highest BCUT2D eigenvalue weighted by atomic mass is 32.2. The molecule has 33 heavy (non-hydrogen) atoms. The maximum absolute atomic E-state index is 13.4. The van der Waals surface area contributed by atoms with Gasteiger partial charge >= 0.3 is 0 Å². The molecule has 1 aromatic carbocycles. The number of allylic oxidation sites excluding steroid dienone is 1. The average Bonchev–Trinajstić information content (AvgIpc) is 3.25. The summed E-state index contributed by atoms with van der Waals surface area (Å²) in [4.78, 5) is 33.9. The number of rotatable bonds is 8. The van der Waals surface area contributed by atoms with Crippen LogP contribution in [0.4, 0.5) is 0 Å². The van der Waals surface area contributed by atoms with Gasteiger partial charge in [-0.15, -0.1) is 17.9 Å². The van der Waals surface area contributed by atoms with Crippen LogP contribution >= 0.6 is 23.1 Å². The monoisotopic (exact) mass is 482 g/mol. The number of hydrogen-bond donors (Lipinski definition) is 1. The highest BCUT2D eigenvalue weighted by Gasteiger charge is 2.21. The van der Waals surface area contributed by atoms with Gasteiger partial charge in [0, 0.05) is 36.6 Å². The van der Waals surface area contributed by atoms with Crippen LogP contribution < -0.4 is 10.9 Å². The Balaban J connectivity index is 1.53. The van der Waals surface area contributed by atoms with E-state index in [1.807, 2.05) is 36.6 Å². The predicted octanol–water partition coefficient (Wildman–Crippen LogP) is 4.31. The molecule has 1 amide bonds. The number of hydrogen-bond acceptors (Lipinski definition) is 6. The summed E-state index contributed by atoms with van der Waals surface area (Å²) >= 11 is 2.78. The van der Waals surface area contributed by atoms with E-state index in [0.29, 0.717) is 21.9 Å². The Labute approximate surface area is 202 Å². The highest BCUT2D eigenvalue weighted by molar-refractivity contribution is 7.99. The van der Waals surface area contributed by atoms with Crippen LogP contribution in [0.15, 0.2) is 52.3 Å². The lowest BCUT2D eigenvalue weighted by Gasteiger charge is -2.31. The number of fused-ring (bicyclic) bond motifs is 1. The van der Waals surface area contributed by atoms with Crippen LogP contribution in [0.1, 0.15) is 25.3 Å². The summed E-state index contributed by atoms with van der Waals surface area (Å²) in [7, 11) is 0. The van der Waals surface area contributed by atoms with E-state index in [2.05, 4.69) is 23.7 Å². The summed E-state index contributed by atoms with van der Waals surface area (Å²) in [5, 5.41) is 6.32. The minimum Gasteiger partial charge on any atom is -0.353 e. The molecule has 3 aromatic rings. The molecule has 0 spiro atoms. The van der Waals surface area contributed by atoms with Crippen LogP contribution in [0.2, 0.25) is 0 Å². The number of carbonyl (C=O) groups is 1. The van der Waals surface area contributed by atoms with Crippen molar-refractivity contribution in [2.75, 3.05) is 25.4 Å². The average molecular weight is 483 g/mol. The SMILES string of the molecule is C=CCn1c(SCC(=O)NC2CCN(CC)CC2)nc2scc(-c3ccc(C)cc3)c2c1=O. The fourth-order valence-corrected chi connectivity index (χ4v) is 5.95. The first-order chi connectivity index (χ1) is 16.0. The summed E-state index contributed by atoms with van der Waals surface area (Å²) in [6.07, 6.45) is 3.65. The van der Waals surface area contributed by atoms with Crippen molar-refractivity contribution in [3.63, 3.8) is 0 Å². The second kappa shape index (κ2) is 10.7. The number of benzene rings is 1. The topological polar surface area (TPSA) is 67.2 Å². The number of amides is 1. The molecule has 8 heteroatoms. The molecule has 0 atom stereocenters. The molecule has 1 aliphatic heterocycles. The molecule has 0 aliphatic carbocycles. The molecule has 1 saturated heterocycles. The van der Waals surface area contributed by atoms with Crippen LogP contribution in [-0.2, 0) is 11.3 Å². The fourth-order valence-electron chi connectivity index (χ4n) is 4.14. The first-order valence-corrected chi connectivity index (χ1v) is 13.2. The Morgan fingerprint density at radius 2 is 2.03 bits per heavy atom. The van der Waals surface area contributed by atoms with Gasteiger partial charge in [-0.3, -0.25) is 14.2 Å². The van der Waals surface area contributed by atoms with Gasteiger partial charge in [0.15, 0.2) is 5.16 Å². The van der Waals surface area contributed by atoms with Gasteiger partial charge in [0.2, 0.25) is 5.91 Å². The minimum absolute atomic E-state index is 0.0130. The molecule has 0 saturated carbocycles. The van der Waals surface area contributed by atoms with Crippen LogP contribution in [-0.4, -0.2) is 51.8 Å². The van der Waals surface area contributed by atoms with E-state index in [0.717, 1.165) is 43.6 Å². The zero-order valence-electron chi connectivity index (χ0n) is 19.2. The number of piperidine rings is 1. The van der Waals surface area contributed by atoms with Crippen molar-refractivity contribution in [3.05, 3.63) is 58.2 Å². The van der Waals surface area contributed by atoms with Crippen LogP contribution in [0.3, 0.4) is 0 Å². The number of nitrogens with one attached hydrogen (secondary N) is 1. The molecule has 1 fully saturated rings. The van der Waals surface area contributed by atoms with Crippen LogP contribution in [0.25, 0.3) is 21.3 Å². The van der Waals surface area contributed by atoms with Gasteiger partial charge in [0.1, 0.15) is 4.83 Å². The molecule has 174 valence electrons. The number of aryl methyl sites for hydroxylation is 1. The second-order valence-electron chi connectivity index (χ2n) is 8.36. The number of aromatic nitrogens is 2. The van der Waals surface area contributed by atoms with Crippen LogP contribution in [0, 0.1) is 6.92 Å². The van der Waals surface area contributed by atoms with Gasteiger partial charge in [-0.1, -0.05) is 54.6 Å². The van der Waals surface area contributed by atoms with Crippen molar-refractivity contribution < 1.29 is 4.79 Å². The summed E-state index contributed by atoms with van der Waals surface area (Å²) in [5.74, 6) is 0.222. The van der Waals surface area contributed by atoms with Gasteiger partial charge in [-0.05, 0) is 31.9 Å². The maximum Gasteiger partial charge on any atom is 0.263 e. The first-order valence-electron chi connectivity index (χ1n) is 11.3. The van der Waals surface area contributed by atoms with Crippen molar-refractivity contribution in [2.45, 2.75) is 44.4 Å². The van der Waals surface area contributed by atoms with Crippen molar-refractivity contribution in [2.24, 2.45) is 0 Å². The molecule has 1 N–H and O–H groups in total. The third kappa shape index (κ3) is 5.39. The molecule has 0 radical (unpaired) electrons. The van der Waals surface area contributed by atoms with Gasteiger partial charge in [0.25, 0.3) is 5.56 Å². The first kappa shape index (κ1) is 23.7. The number of thiophene rings is 1. The van der Waals surface area contributed by atoms with E-state index in [1.54, 1.807) is 10.6 Å². The molecule has 4 rings (SSSR count).